The highest BCUT2D eigenvalue weighted by molar-refractivity contribution is 9.10. The van der Waals surface area contributed by atoms with Crippen LogP contribution in [0.1, 0.15) is 10.9 Å². The molecule has 0 spiro atoms. The molecule has 2 rings (SSSR count). The van der Waals surface area contributed by atoms with Crippen molar-refractivity contribution in [2.24, 2.45) is 5.73 Å². The summed E-state index contributed by atoms with van der Waals surface area (Å²) >= 11 is 16.8. The van der Waals surface area contributed by atoms with Gasteiger partial charge in [-0.25, -0.2) is 0 Å². The first-order chi connectivity index (χ1) is 8.60. The molecule has 0 amide bonds. The van der Waals surface area contributed by atoms with Gasteiger partial charge in [0.1, 0.15) is 4.34 Å². The first kappa shape index (κ1) is 14.2. The summed E-state index contributed by atoms with van der Waals surface area (Å²) in [5.41, 5.74) is 6.78. The lowest BCUT2D eigenvalue weighted by molar-refractivity contribution is 0.805. The van der Waals surface area contributed by atoms with Crippen LogP contribution in [0.25, 0.3) is 0 Å². The van der Waals surface area contributed by atoms with E-state index in [0.29, 0.717) is 11.6 Å². The highest BCUT2D eigenvalue weighted by Gasteiger charge is 2.14. The highest BCUT2D eigenvalue weighted by Crippen LogP contribution is 2.36. The van der Waals surface area contributed by atoms with E-state index in [2.05, 4.69) is 21.2 Å². The average molecular weight is 366 g/mol. The molecule has 96 valence electrons. The number of halogens is 3. The SMILES string of the molecule is NCC(Nc1ccc(Cl)cc1)c1cc(Br)c(Cl)s1. The van der Waals surface area contributed by atoms with Gasteiger partial charge in [-0.3, -0.25) is 0 Å². The van der Waals surface area contributed by atoms with E-state index >= 15 is 0 Å². The maximum Gasteiger partial charge on any atom is 0.107 e. The van der Waals surface area contributed by atoms with E-state index < -0.39 is 0 Å². The maximum absolute atomic E-state index is 6.04. The molecular weight excluding hydrogens is 355 g/mol. The number of nitrogens with two attached hydrogens (primary N) is 1. The highest BCUT2D eigenvalue weighted by atomic mass is 79.9. The second-order valence-corrected chi connectivity index (χ2v) is 6.69. The molecule has 0 aliphatic carbocycles. The molecule has 1 heterocycles. The summed E-state index contributed by atoms with van der Waals surface area (Å²) in [4.78, 5) is 1.10. The van der Waals surface area contributed by atoms with Crippen molar-refractivity contribution in [1.82, 2.24) is 0 Å². The summed E-state index contributed by atoms with van der Waals surface area (Å²) in [6.07, 6.45) is 0. The van der Waals surface area contributed by atoms with Gasteiger partial charge in [-0.1, -0.05) is 23.2 Å². The Morgan fingerprint density at radius 1 is 1.28 bits per heavy atom. The van der Waals surface area contributed by atoms with Gasteiger partial charge in [0, 0.05) is 26.6 Å². The molecule has 2 nitrogen and oxygen atoms in total. The predicted octanol–water partition coefficient (Wildman–Crippen LogP) is 4.93. The quantitative estimate of drug-likeness (QED) is 0.806. The van der Waals surface area contributed by atoms with E-state index in [1.165, 1.54) is 11.3 Å². The van der Waals surface area contributed by atoms with Crippen molar-refractivity contribution in [3.05, 3.63) is 49.0 Å². The van der Waals surface area contributed by atoms with Gasteiger partial charge in [-0.15, -0.1) is 11.3 Å². The first-order valence-corrected chi connectivity index (χ1v) is 7.63. The molecule has 1 aromatic heterocycles. The molecule has 2 aromatic rings. The fourth-order valence-electron chi connectivity index (χ4n) is 1.53. The fourth-order valence-corrected chi connectivity index (χ4v) is 3.45. The van der Waals surface area contributed by atoms with Gasteiger partial charge in [0.15, 0.2) is 0 Å². The van der Waals surface area contributed by atoms with Gasteiger partial charge in [-0.05, 0) is 46.3 Å². The van der Waals surface area contributed by atoms with Crippen molar-refractivity contribution in [3.63, 3.8) is 0 Å². The van der Waals surface area contributed by atoms with Crippen LogP contribution in [-0.2, 0) is 0 Å². The van der Waals surface area contributed by atoms with Crippen LogP contribution in [0, 0.1) is 0 Å². The number of thiophene rings is 1. The monoisotopic (exact) mass is 364 g/mol. The Labute approximate surface area is 128 Å². The van der Waals surface area contributed by atoms with Gasteiger partial charge in [0.2, 0.25) is 0 Å². The van der Waals surface area contributed by atoms with Gasteiger partial charge < -0.3 is 11.1 Å². The predicted molar refractivity (Wildman–Crippen MR) is 83.9 cm³/mol. The Hall–Kier alpha value is -0.260. The second kappa shape index (κ2) is 6.26. The Balaban J connectivity index is 2.16. The molecule has 0 fully saturated rings. The van der Waals surface area contributed by atoms with E-state index in [1.54, 1.807) is 0 Å². The lowest BCUT2D eigenvalue weighted by Gasteiger charge is -2.16. The zero-order valence-electron chi connectivity index (χ0n) is 9.29. The summed E-state index contributed by atoms with van der Waals surface area (Å²) in [7, 11) is 0. The minimum Gasteiger partial charge on any atom is -0.376 e. The zero-order chi connectivity index (χ0) is 13.1. The number of benzene rings is 1. The lowest BCUT2D eigenvalue weighted by atomic mass is 10.2. The number of hydrogen-bond donors (Lipinski definition) is 2. The molecular formula is C12H11BrCl2N2S. The summed E-state index contributed by atoms with van der Waals surface area (Å²) in [5, 5.41) is 4.07. The molecule has 0 radical (unpaired) electrons. The van der Waals surface area contributed by atoms with Crippen LogP contribution >= 0.6 is 50.5 Å². The van der Waals surface area contributed by atoms with Crippen molar-refractivity contribution in [3.8, 4) is 0 Å². The van der Waals surface area contributed by atoms with Crippen molar-refractivity contribution in [1.29, 1.82) is 0 Å². The van der Waals surface area contributed by atoms with Crippen LogP contribution in [0.3, 0.4) is 0 Å². The van der Waals surface area contributed by atoms with Crippen molar-refractivity contribution in [2.75, 3.05) is 11.9 Å². The standard InChI is InChI=1S/C12H11BrCl2N2S/c13-9-5-11(18-12(9)15)10(6-16)17-8-3-1-7(14)2-4-8/h1-5,10,17H,6,16H2. The maximum atomic E-state index is 6.04. The molecule has 18 heavy (non-hydrogen) atoms. The van der Waals surface area contributed by atoms with Crippen LogP contribution in [0.4, 0.5) is 5.69 Å². The van der Waals surface area contributed by atoms with E-state index in [4.69, 9.17) is 28.9 Å². The molecule has 0 bridgehead atoms. The molecule has 3 N–H and O–H groups in total. The number of nitrogens with one attached hydrogen (secondary N) is 1. The fraction of sp³-hybridized carbons (Fsp3) is 0.167. The minimum absolute atomic E-state index is 0.0416. The third kappa shape index (κ3) is 3.39. The first-order valence-electron chi connectivity index (χ1n) is 5.27. The molecule has 0 saturated heterocycles. The Morgan fingerprint density at radius 2 is 1.94 bits per heavy atom. The molecule has 0 aliphatic rings. The normalized spacial score (nSPS) is 12.4. The van der Waals surface area contributed by atoms with Gasteiger partial charge in [0.05, 0.1) is 6.04 Å². The Kier molecular flexibility index (Phi) is 4.92. The third-order valence-corrected chi connectivity index (χ3v) is 5.27. The van der Waals surface area contributed by atoms with Crippen molar-refractivity contribution >= 4 is 56.2 Å². The summed E-state index contributed by atoms with van der Waals surface area (Å²) in [6.45, 7) is 0.492. The van der Waals surface area contributed by atoms with Gasteiger partial charge in [-0.2, -0.15) is 0 Å². The van der Waals surface area contributed by atoms with E-state index in [1.807, 2.05) is 30.3 Å². The van der Waals surface area contributed by atoms with Gasteiger partial charge >= 0.3 is 0 Å². The van der Waals surface area contributed by atoms with Crippen LogP contribution in [0.2, 0.25) is 9.36 Å². The van der Waals surface area contributed by atoms with E-state index in [-0.39, 0.29) is 6.04 Å². The van der Waals surface area contributed by atoms with Crippen LogP contribution in [-0.4, -0.2) is 6.54 Å². The largest absolute Gasteiger partial charge is 0.376 e. The molecule has 1 unspecified atom stereocenters. The Morgan fingerprint density at radius 3 is 2.44 bits per heavy atom. The summed E-state index contributed by atoms with van der Waals surface area (Å²) in [5.74, 6) is 0. The van der Waals surface area contributed by atoms with Gasteiger partial charge in [0.25, 0.3) is 0 Å². The smallest absolute Gasteiger partial charge is 0.107 e. The third-order valence-electron chi connectivity index (χ3n) is 2.43. The van der Waals surface area contributed by atoms with Crippen LogP contribution in [0.5, 0.6) is 0 Å². The molecule has 1 aromatic carbocycles. The Bertz CT molecular complexity index is 508. The lowest BCUT2D eigenvalue weighted by Crippen LogP contribution is -2.19. The number of hydrogen-bond acceptors (Lipinski definition) is 3. The molecule has 6 heteroatoms. The topological polar surface area (TPSA) is 38.0 Å². The molecule has 1 atom stereocenters. The zero-order valence-corrected chi connectivity index (χ0v) is 13.2. The number of anilines is 1. The second-order valence-electron chi connectivity index (χ2n) is 3.71. The average Bonchev–Trinajstić information content (AvgIpc) is 2.69. The molecule has 0 saturated carbocycles. The van der Waals surface area contributed by atoms with Crippen molar-refractivity contribution in [2.45, 2.75) is 6.04 Å². The van der Waals surface area contributed by atoms with Crippen LogP contribution < -0.4 is 11.1 Å². The van der Waals surface area contributed by atoms with Crippen molar-refractivity contribution < 1.29 is 0 Å². The summed E-state index contributed by atoms with van der Waals surface area (Å²) < 4.78 is 1.64. The number of rotatable bonds is 4. The van der Waals surface area contributed by atoms with E-state index in [0.717, 1.165) is 19.4 Å². The minimum atomic E-state index is 0.0416. The van der Waals surface area contributed by atoms with E-state index in [9.17, 15) is 0 Å². The summed E-state index contributed by atoms with van der Waals surface area (Å²) in [6, 6.07) is 9.57. The molecule has 0 aliphatic heterocycles. The van der Waals surface area contributed by atoms with Crippen LogP contribution in [0.15, 0.2) is 34.8 Å².